The van der Waals surface area contributed by atoms with Gasteiger partial charge in [-0.05, 0) is 31.4 Å². The fourth-order valence-corrected chi connectivity index (χ4v) is 3.14. The van der Waals surface area contributed by atoms with Gasteiger partial charge in [0.2, 0.25) is 0 Å². The molecule has 0 aliphatic carbocycles. The van der Waals surface area contributed by atoms with Gasteiger partial charge >= 0.3 is 0 Å². The van der Waals surface area contributed by atoms with Crippen LogP contribution >= 0.6 is 0 Å². The quantitative estimate of drug-likeness (QED) is 0.811. The van der Waals surface area contributed by atoms with Crippen molar-refractivity contribution < 1.29 is 0 Å². The smallest absolute Gasteiger partial charge is 0.0236 e. The Balaban J connectivity index is 1.64. The Labute approximate surface area is 97.6 Å². The first-order valence-corrected chi connectivity index (χ1v) is 6.32. The summed E-state index contributed by atoms with van der Waals surface area (Å²) < 4.78 is 0. The van der Waals surface area contributed by atoms with Crippen molar-refractivity contribution in [2.24, 2.45) is 5.92 Å². The maximum atomic E-state index is 3.60. The van der Waals surface area contributed by atoms with Gasteiger partial charge in [-0.25, -0.2) is 0 Å². The molecule has 2 fully saturated rings. The number of nitrogens with one attached hydrogen (secondary N) is 1. The molecule has 2 atom stereocenters. The van der Waals surface area contributed by atoms with E-state index in [2.05, 4.69) is 41.4 Å². The number of nitrogens with zero attached hydrogens (tertiary/aromatic N) is 1. The molecule has 1 N–H and O–H groups in total. The van der Waals surface area contributed by atoms with Crippen LogP contribution < -0.4 is 5.32 Å². The topological polar surface area (TPSA) is 15.3 Å². The van der Waals surface area contributed by atoms with Crippen molar-refractivity contribution in [1.29, 1.82) is 0 Å². The lowest BCUT2D eigenvalue weighted by Crippen LogP contribution is -2.29. The highest BCUT2D eigenvalue weighted by Crippen LogP contribution is 2.25. The second-order valence-electron chi connectivity index (χ2n) is 5.29. The van der Waals surface area contributed by atoms with Crippen molar-refractivity contribution in [2.75, 3.05) is 19.6 Å². The number of rotatable bonds is 2. The molecule has 2 heterocycles. The first kappa shape index (κ1) is 10.3. The molecule has 0 amide bonds. The lowest BCUT2D eigenvalue weighted by molar-refractivity contribution is 0.306. The Kier molecular flexibility index (Phi) is 2.70. The lowest BCUT2D eigenvalue weighted by atomic mass is 10.1. The number of aryl methyl sites for hydroxylation is 1. The lowest BCUT2D eigenvalue weighted by Gasteiger charge is -2.17. The monoisotopic (exact) mass is 216 g/mol. The van der Waals surface area contributed by atoms with E-state index in [1.165, 1.54) is 37.2 Å². The van der Waals surface area contributed by atoms with E-state index in [-0.39, 0.29) is 0 Å². The number of hydrogen-bond donors (Lipinski definition) is 1. The second kappa shape index (κ2) is 4.19. The van der Waals surface area contributed by atoms with Gasteiger partial charge in [-0.3, -0.25) is 4.90 Å². The van der Waals surface area contributed by atoms with Crippen LogP contribution in [0.2, 0.25) is 0 Å². The third kappa shape index (κ3) is 2.00. The van der Waals surface area contributed by atoms with Crippen molar-refractivity contribution in [3.8, 4) is 0 Å². The fourth-order valence-electron chi connectivity index (χ4n) is 3.14. The zero-order chi connectivity index (χ0) is 11.0. The molecule has 0 aromatic heterocycles. The van der Waals surface area contributed by atoms with Crippen LogP contribution in [0.5, 0.6) is 0 Å². The molecule has 0 unspecified atom stereocenters. The summed E-state index contributed by atoms with van der Waals surface area (Å²) in [5.41, 5.74) is 2.83. The summed E-state index contributed by atoms with van der Waals surface area (Å²) in [5, 5.41) is 3.60. The molecule has 0 bridgehead atoms. The van der Waals surface area contributed by atoms with Gasteiger partial charge in [0.25, 0.3) is 0 Å². The Bertz CT molecular complexity index is 363. The van der Waals surface area contributed by atoms with Crippen LogP contribution in [0.4, 0.5) is 0 Å². The average Bonchev–Trinajstić information content (AvgIpc) is 2.77. The minimum absolute atomic E-state index is 0.768. The van der Waals surface area contributed by atoms with E-state index in [0.717, 1.165) is 18.5 Å². The summed E-state index contributed by atoms with van der Waals surface area (Å²) in [7, 11) is 0. The number of hydrogen-bond acceptors (Lipinski definition) is 2. The van der Waals surface area contributed by atoms with E-state index < -0.39 is 0 Å². The van der Waals surface area contributed by atoms with Crippen molar-refractivity contribution >= 4 is 0 Å². The predicted molar refractivity (Wildman–Crippen MR) is 66.4 cm³/mol. The Morgan fingerprint density at radius 1 is 1.38 bits per heavy atom. The molecule has 2 aliphatic heterocycles. The van der Waals surface area contributed by atoms with Gasteiger partial charge < -0.3 is 5.32 Å². The Hall–Kier alpha value is -0.860. The maximum Gasteiger partial charge on any atom is 0.0236 e. The highest BCUT2D eigenvalue weighted by atomic mass is 15.2. The van der Waals surface area contributed by atoms with Crippen molar-refractivity contribution in [3.63, 3.8) is 0 Å². The zero-order valence-corrected chi connectivity index (χ0v) is 9.95. The highest BCUT2D eigenvalue weighted by Gasteiger charge is 2.35. The SMILES string of the molecule is Cc1cccc(CN2C[C@@H]3CCN[C@@H]3C2)c1. The normalized spacial score (nSPS) is 29.6. The van der Waals surface area contributed by atoms with Gasteiger partial charge in [0.1, 0.15) is 0 Å². The first-order chi connectivity index (χ1) is 7.81. The zero-order valence-electron chi connectivity index (χ0n) is 9.95. The summed E-state index contributed by atoms with van der Waals surface area (Å²) >= 11 is 0. The number of likely N-dealkylation sites (tertiary alicyclic amines) is 1. The molecular weight excluding hydrogens is 196 g/mol. The molecule has 0 saturated carbocycles. The highest BCUT2D eigenvalue weighted by molar-refractivity contribution is 5.22. The van der Waals surface area contributed by atoms with Gasteiger partial charge in [-0.2, -0.15) is 0 Å². The molecule has 2 nitrogen and oxygen atoms in total. The minimum atomic E-state index is 0.768. The standard InChI is InChI=1S/C14H20N2/c1-11-3-2-4-12(7-11)8-16-9-13-5-6-15-14(13)10-16/h2-4,7,13-15H,5-6,8-10H2,1H3/t13-,14+/m0/s1. The van der Waals surface area contributed by atoms with E-state index in [0.29, 0.717) is 0 Å². The first-order valence-electron chi connectivity index (χ1n) is 6.32. The molecule has 2 saturated heterocycles. The Morgan fingerprint density at radius 2 is 2.31 bits per heavy atom. The van der Waals surface area contributed by atoms with Crippen molar-refractivity contribution in [1.82, 2.24) is 10.2 Å². The molecule has 2 heteroatoms. The minimum Gasteiger partial charge on any atom is -0.312 e. The molecule has 86 valence electrons. The van der Waals surface area contributed by atoms with Crippen LogP contribution in [0, 0.1) is 12.8 Å². The van der Waals surface area contributed by atoms with Gasteiger partial charge in [0, 0.05) is 25.7 Å². The van der Waals surface area contributed by atoms with Gasteiger partial charge in [0.05, 0.1) is 0 Å². The molecule has 0 radical (unpaired) electrons. The maximum absolute atomic E-state index is 3.60. The summed E-state index contributed by atoms with van der Waals surface area (Å²) in [6.45, 7) is 7.04. The Morgan fingerprint density at radius 3 is 3.12 bits per heavy atom. The average molecular weight is 216 g/mol. The molecule has 0 spiro atoms. The molecule has 2 aliphatic rings. The summed E-state index contributed by atoms with van der Waals surface area (Å²) in [4.78, 5) is 2.59. The fraction of sp³-hybridized carbons (Fsp3) is 0.571. The molecule has 16 heavy (non-hydrogen) atoms. The largest absolute Gasteiger partial charge is 0.312 e. The number of fused-ring (bicyclic) bond motifs is 1. The van der Waals surface area contributed by atoms with Crippen LogP contribution in [0.3, 0.4) is 0 Å². The van der Waals surface area contributed by atoms with E-state index >= 15 is 0 Å². The molecule has 1 aromatic carbocycles. The van der Waals surface area contributed by atoms with Gasteiger partial charge in [0.15, 0.2) is 0 Å². The van der Waals surface area contributed by atoms with Crippen LogP contribution in [-0.2, 0) is 6.54 Å². The van der Waals surface area contributed by atoms with Crippen LogP contribution in [0.25, 0.3) is 0 Å². The van der Waals surface area contributed by atoms with E-state index in [9.17, 15) is 0 Å². The van der Waals surface area contributed by atoms with Crippen LogP contribution in [0.1, 0.15) is 17.5 Å². The molecule has 3 rings (SSSR count). The summed E-state index contributed by atoms with van der Waals surface area (Å²) in [5.74, 6) is 0.907. The molecular formula is C14H20N2. The third-order valence-electron chi connectivity index (χ3n) is 3.93. The van der Waals surface area contributed by atoms with Crippen LogP contribution in [-0.4, -0.2) is 30.6 Å². The van der Waals surface area contributed by atoms with Crippen molar-refractivity contribution in [3.05, 3.63) is 35.4 Å². The molecule has 1 aromatic rings. The van der Waals surface area contributed by atoms with E-state index in [1.807, 2.05) is 0 Å². The predicted octanol–water partition coefficient (Wildman–Crippen LogP) is 1.79. The van der Waals surface area contributed by atoms with E-state index in [1.54, 1.807) is 0 Å². The second-order valence-corrected chi connectivity index (χ2v) is 5.29. The summed E-state index contributed by atoms with van der Waals surface area (Å²) in [6.07, 6.45) is 1.37. The van der Waals surface area contributed by atoms with Crippen LogP contribution in [0.15, 0.2) is 24.3 Å². The number of benzene rings is 1. The summed E-state index contributed by atoms with van der Waals surface area (Å²) in [6, 6.07) is 9.66. The van der Waals surface area contributed by atoms with Gasteiger partial charge in [-0.1, -0.05) is 29.8 Å². The third-order valence-corrected chi connectivity index (χ3v) is 3.93. The van der Waals surface area contributed by atoms with Crippen molar-refractivity contribution in [2.45, 2.75) is 25.9 Å². The van der Waals surface area contributed by atoms with E-state index in [4.69, 9.17) is 0 Å². The van der Waals surface area contributed by atoms with Gasteiger partial charge in [-0.15, -0.1) is 0 Å².